The molecule has 94 valence electrons. The van der Waals surface area contributed by atoms with Crippen molar-refractivity contribution < 1.29 is 19.8 Å². The number of aliphatic carboxylic acids is 1. The summed E-state index contributed by atoms with van der Waals surface area (Å²) in [7, 11) is 0. The SMILES string of the molecule is CCCCC(N)C(=O)NC(CCO)C(=O)O. The minimum Gasteiger partial charge on any atom is -0.480 e. The van der Waals surface area contributed by atoms with Crippen molar-refractivity contribution in [2.45, 2.75) is 44.7 Å². The highest BCUT2D eigenvalue weighted by Crippen LogP contribution is 2.00. The number of nitrogens with two attached hydrogens (primary N) is 1. The van der Waals surface area contributed by atoms with Gasteiger partial charge in [0.05, 0.1) is 6.04 Å². The van der Waals surface area contributed by atoms with Crippen molar-refractivity contribution in [2.24, 2.45) is 5.73 Å². The van der Waals surface area contributed by atoms with Crippen LogP contribution >= 0.6 is 0 Å². The van der Waals surface area contributed by atoms with Crippen molar-refractivity contribution in [1.29, 1.82) is 0 Å². The summed E-state index contributed by atoms with van der Waals surface area (Å²) in [4.78, 5) is 22.2. The second-order valence-electron chi connectivity index (χ2n) is 3.66. The number of nitrogens with one attached hydrogen (secondary N) is 1. The Balaban J connectivity index is 4.12. The predicted octanol–water partition coefficient (Wildman–Crippen LogP) is -0.544. The lowest BCUT2D eigenvalue weighted by molar-refractivity contribution is -0.142. The van der Waals surface area contributed by atoms with Gasteiger partial charge in [-0.1, -0.05) is 19.8 Å². The number of hydrogen-bond acceptors (Lipinski definition) is 4. The molecule has 0 aliphatic heterocycles. The van der Waals surface area contributed by atoms with Gasteiger partial charge in [-0.3, -0.25) is 4.79 Å². The first-order chi connectivity index (χ1) is 7.52. The summed E-state index contributed by atoms with van der Waals surface area (Å²) in [5.74, 6) is -1.64. The fourth-order valence-electron chi connectivity index (χ4n) is 1.22. The third kappa shape index (κ3) is 5.67. The van der Waals surface area contributed by atoms with Gasteiger partial charge in [-0.2, -0.15) is 0 Å². The summed E-state index contributed by atoms with van der Waals surface area (Å²) in [6.07, 6.45) is 2.28. The zero-order valence-corrected chi connectivity index (χ0v) is 9.48. The molecule has 0 radical (unpaired) electrons. The molecule has 0 aliphatic rings. The molecule has 1 amide bonds. The van der Waals surface area contributed by atoms with Crippen LogP contribution in [-0.2, 0) is 9.59 Å². The summed E-state index contributed by atoms with van der Waals surface area (Å²) < 4.78 is 0. The number of carboxylic acids is 1. The molecule has 6 nitrogen and oxygen atoms in total. The number of carboxylic acid groups (broad SMARTS) is 1. The molecule has 0 bridgehead atoms. The van der Waals surface area contributed by atoms with Gasteiger partial charge in [0, 0.05) is 13.0 Å². The largest absolute Gasteiger partial charge is 0.480 e. The first-order valence-electron chi connectivity index (χ1n) is 5.42. The number of amides is 1. The second kappa shape index (κ2) is 8.06. The van der Waals surface area contributed by atoms with Gasteiger partial charge in [0.15, 0.2) is 0 Å². The Morgan fingerprint density at radius 3 is 2.44 bits per heavy atom. The van der Waals surface area contributed by atoms with E-state index in [1.807, 2.05) is 6.92 Å². The molecular formula is C10H20N2O4. The van der Waals surface area contributed by atoms with Crippen molar-refractivity contribution in [3.8, 4) is 0 Å². The van der Waals surface area contributed by atoms with Gasteiger partial charge >= 0.3 is 5.97 Å². The van der Waals surface area contributed by atoms with E-state index in [1.165, 1.54) is 0 Å². The van der Waals surface area contributed by atoms with Crippen LogP contribution in [0.15, 0.2) is 0 Å². The maximum Gasteiger partial charge on any atom is 0.326 e. The Morgan fingerprint density at radius 1 is 1.38 bits per heavy atom. The predicted molar refractivity (Wildman–Crippen MR) is 58.8 cm³/mol. The Hall–Kier alpha value is -1.14. The van der Waals surface area contributed by atoms with E-state index in [-0.39, 0.29) is 13.0 Å². The average molecular weight is 232 g/mol. The maximum absolute atomic E-state index is 11.5. The molecule has 0 aromatic heterocycles. The van der Waals surface area contributed by atoms with E-state index in [0.29, 0.717) is 6.42 Å². The number of carbonyl (C=O) groups is 2. The lowest BCUT2D eigenvalue weighted by atomic mass is 10.1. The van der Waals surface area contributed by atoms with E-state index in [1.54, 1.807) is 0 Å². The lowest BCUT2D eigenvalue weighted by Crippen LogP contribution is -2.48. The van der Waals surface area contributed by atoms with Crippen LogP contribution in [0.25, 0.3) is 0 Å². The van der Waals surface area contributed by atoms with Crippen LogP contribution in [0.3, 0.4) is 0 Å². The molecule has 2 atom stereocenters. The minimum absolute atomic E-state index is 0.0123. The van der Waals surface area contributed by atoms with Crippen molar-refractivity contribution in [3.63, 3.8) is 0 Å². The molecule has 16 heavy (non-hydrogen) atoms. The molecule has 6 heteroatoms. The lowest BCUT2D eigenvalue weighted by Gasteiger charge is -2.16. The van der Waals surface area contributed by atoms with Crippen LogP contribution in [0.1, 0.15) is 32.6 Å². The molecule has 0 fully saturated rings. The van der Waals surface area contributed by atoms with Gasteiger partial charge in [0.25, 0.3) is 0 Å². The monoisotopic (exact) mass is 232 g/mol. The van der Waals surface area contributed by atoms with Gasteiger partial charge in [-0.05, 0) is 6.42 Å². The van der Waals surface area contributed by atoms with Crippen LogP contribution in [0.5, 0.6) is 0 Å². The van der Waals surface area contributed by atoms with Gasteiger partial charge in [0.2, 0.25) is 5.91 Å². The van der Waals surface area contributed by atoms with E-state index >= 15 is 0 Å². The molecule has 0 heterocycles. The molecule has 0 spiro atoms. The van der Waals surface area contributed by atoms with Crippen LogP contribution in [0.4, 0.5) is 0 Å². The molecule has 0 aromatic carbocycles. The molecule has 0 rings (SSSR count). The number of unbranched alkanes of at least 4 members (excludes halogenated alkanes) is 1. The number of carbonyl (C=O) groups excluding carboxylic acids is 1. The summed E-state index contributed by atoms with van der Waals surface area (Å²) in [5.41, 5.74) is 5.58. The number of aliphatic hydroxyl groups is 1. The third-order valence-corrected chi connectivity index (χ3v) is 2.24. The highest BCUT2D eigenvalue weighted by Gasteiger charge is 2.22. The fraction of sp³-hybridized carbons (Fsp3) is 0.800. The molecule has 0 saturated carbocycles. The summed E-state index contributed by atoms with van der Waals surface area (Å²) in [6, 6.07) is -1.74. The summed E-state index contributed by atoms with van der Waals surface area (Å²) in [6.45, 7) is 1.69. The minimum atomic E-state index is -1.16. The topological polar surface area (TPSA) is 113 Å². The second-order valence-corrected chi connectivity index (χ2v) is 3.66. The Kier molecular flexibility index (Phi) is 7.49. The van der Waals surface area contributed by atoms with Crippen LogP contribution in [-0.4, -0.2) is 40.8 Å². The molecule has 0 aliphatic carbocycles. The zero-order valence-electron chi connectivity index (χ0n) is 9.48. The van der Waals surface area contributed by atoms with Gasteiger partial charge in [-0.15, -0.1) is 0 Å². The Morgan fingerprint density at radius 2 is 2.00 bits per heavy atom. The number of aliphatic hydroxyl groups excluding tert-OH is 1. The van der Waals surface area contributed by atoms with Crippen LogP contribution in [0.2, 0.25) is 0 Å². The molecular weight excluding hydrogens is 212 g/mol. The van der Waals surface area contributed by atoms with E-state index in [4.69, 9.17) is 15.9 Å². The molecule has 5 N–H and O–H groups in total. The number of rotatable bonds is 8. The first-order valence-corrected chi connectivity index (χ1v) is 5.42. The highest BCUT2D eigenvalue weighted by atomic mass is 16.4. The molecule has 0 aromatic rings. The quantitative estimate of drug-likeness (QED) is 0.449. The zero-order chi connectivity index (χ0) is 12.6. The normalized spacial score (nSPS) is 14.2. The first kappa shape index (κ1) is 14.9. The van der Waals surface area contributed by atoms with Crippen molar-refractivity contribution in [2.75, 3.05) is 6.61 Å². The standard InChI is InChI=1S/C10H20N2O4/c1-2-3-4-7(11)9(14)12-8(5-6-13)10(15)16/h7-8,13H,2-6,11H2,1H3,(H,12,14)(H,15,16). The van der Waals surface area contributed by atoms with Crippen molar-refractivity contribution in [1.82, 2.24) is 5.32 Å². The van der Waals surface area contributed by atoms with E-state index in [2.05, 4.69) is 5.32 Å². The Bertz CT molecular complexity index is 233. The molecule has 2 unspecified atom stereocenters. The fourth-order valence-corrected chi connectivity index (χ4v) is 1.22. The smallest absolute Gasteiger partial charge is 0.326 e. The third-order valence-electron chi connectivity index (χ3n) is 2.24. The average Bonchev–Trinajstić information content (AvgIpc) is 2.24. The van der Waals surface area contributed by atoms with Gasteiger partial charge in [0.1, 0.15) is 6.04 Å². The van der Waals surface area contributed by atoms with Crippen LogP contribution in [0, 0.1) is 0 Å². The van der Waals surface area contributed by atoms with Crippen molar-refractivity contribution >= 4 is 11.9 Å². The van der Waals surface area contributed by atoms with E-state index in [9.17, 15) is 9.59 Å². The van der Waals surface area contributed by atoms with E-state index in [0.717, 1.165) is 12.8 Å². The highest BCUT2D eigenvalue weighted by molar-refractivity contribution is 5.86. The summed E-state index contributed by atoms with van der Waals surface area (Å²) >= 11 is 0. The van der Waals surface area contributed by atoms with Crippen molar-refractivity contribution in [3.05, 3.63) is 0 Å². The van der Waals surface area contributed by atoms with Gasteiger partial charge in [-0.25, -0.2) is 4.79 Å². The summed E-state index contributed by atoms with van der Waals surface area (Å²) in [5, 5.41) is 19.7. The Labute approximate surface area is 94.8 Å². The van der Waals surface area contributed by atoms with E-state index < -0.39 is 24.0 Å². The van der Waals surface area contributed by atoms with Crippen LogP contribution < -0.4 is 11.1 Å². The van der Waals surface area contributed by atoms with Gasteiger partial charge < -0.3 is 21.3 Å². The molecule has 0 saturated heterocycles. The number of hydrogen-bond donors (Lipinski definition) is 4. The maximum atomic E-state index is 11.5.